The maximum absolute atomic E-state index is 13.8. The average molecular weight is 452 g/mol. The van der Waals surface area contributed by atoms with E-state index in [0.717, 1.165) is 40.8 Å². The van der Waals surface area contributed by atoms with Gasteiger partial charge in [0, 0.05) is 11.4 Å². The molecule has 0 fully saturated rings. The van der Waals surface area contributed by atoms with Crippen molar-refractivity contribution in [3.63, 3.8) is 0 Å². The fraction of sp³-hybridized carbons (Fsp3) is 0.400. The molecule has 168 valence electrons. The SMILES string of the molecule is CCCCCN1C(=O)[C@H](C(=O)OCC)[C@H](c2ccc(SC)cc2)n2c1nc1ccccc12. The maximum Gasteiger partial charge on any atom is 0.321 e. The number of rotatable bonds is 8. The Morgan fingerprint density at radius 1 is 1.09 bits per heavy atom. The van der Waals surface area contributed by atoms with Gasteiger partial charge in [0.25, 0.3) is 0 Å². The van der Waals surface area contributed by atoms with Gasteiger partial charge in [0.05, 0.1) is 23.7 Å². The molecule has 0 bridgehead atoms. The minimum atomic E-state index is -0.957. The average Bonchev–Trinajstić information content (AvgIpc) is 3.19. The molecular formula is C25H29N3O3S. The lowest BCUT2D eigenvalue weighted by Gasteiger charge is -2.38. The zero-order valence-electron chi connectivity index (χ0n) is 18.8. The number of hydrogen-bond acceptors (Lipinski definition) is 5. The highest BCUT2D eigenvalue weighted by molar-refractivity contribution is 7.98. The largest absolute Gasteiger partial charge is 0.465 e. The first-order chi connectivity index (χ1) is 15.6. The molecule has 2 heterocycles. The van der Waals surface area contributed by atoms with E-state index in [0.29, 0.717) is 12.5 Å². The molecule has 0 spiro atoms. The Morgan fingerprint density at radius 3 is 2.53 bits per heavy atom. The van der Waals surface area contributed by atoms with Crippen molar-refractivity contribution < 1.29 is 14.3 Å². The van der Waals surface area contributed by atoms with Crippen LogP contribution < -0.4 is 4.90 Å². The van der Waals surface area contributed by atoms with Crippen LogP contribution in [0.3, 0.4) is 0 Å². The summed E-state index contributed by atoms with van der Waals surface area (Å²) in [5.41, 5.74) is 2.61. The number of amides is 1. The quantitative estimate of drug-likeness (QED) is 0.207. The first-order valence-corrected chi connectivity index (χ1v) is 12.4. The molecular weight excluding hydrogens is 422 g/mol. The van der Waals surface area contributed by atoms with Gasteiger partial charge in [-0.05, 0) is 49.4 Å². The van der Waals surface area contributed by atoms with Crippen molar-refractivity contribution >= 4 is 40.6 Å². The normalized spacial score (nSPS) is 18.1. The van der Waals surface area contributed by atoms with Gasteiger partial charge in [-0.25, -0.2) is 4.98 Å². The number of fused-ring (bicyclic) bond motifs is 3. The second-order valence-corrected chi connectivity index (χ2v) is 8.79. The fourth-order valence-corrected chi connectivity index (χ4v) is 4.79. The smallest absolute Gasteiger partial charge is 0.321 e. The molecule has 0 N–H and O–H groups in total. The summed E-state index contributed by atoms with van der Waals surface area (Å²) in [7, 11) is 0. The van der Waals surface area contributed by atoms with Crippen LogP contribution in [0.5, 0.6) is 0 Å². The number of benzene rings is 2. The number of hydrogen-bond donors (Lipinski definition) is 0. The van der Waals surface area contributed by atoms with Gasteiger partial charge in [-0.2, -0.15) is 0 Å². The number of carbonyl (C=O) groups is 2. The van der Waals surface area contributed by atoms with Gasteiger partial charge < -0.3 is 9.30 Å². The summed E-state index contributed by atoms with van der Waals surface area (Å²) in [6.45, 7) is 4.66. The van der Waals surface area contributed by atoms with Gasteiger partial charge in [-0.1, -0.05) is 44.0 Å². The van der Waals surface area contributed by atoms with Crippen LogP contribution in [-0.2, 0) is 14.3 Å². The van der Waals surface area contributed by atoms with Gasteiger partial charge in [-0.15, -0.1) is 11.8 Å². The highest BCUT2D eigenvalue weighted by atomic mass is 32.2. The Bertz CT molecular complexity index is 1110. The summed E-state index contributed by atoms with van der Waals surface area (Å²) >= 11 is 1.66. The lowest BCUT2D eigenvalue weighted by molar-refractivity contribution is -0.153. The van der Waals surface area contributed by atoms with Gasteiger partial charge in [0.1, 0.15) is 0 Å². The topological polar surface area (TPSA) is 64.4 Å². The van der Waals surface area contributed by atoms with Crippen molar-refractivity contribution in [1.82, 2.24) is 9.55 Å². The summed E-state index contributed by atoms with van der Waals surface area (Å²) in [4.78, 5) is 34.5. The first-order valence-electron chi connectivity index (χ1n) is 11.2. The van der Waals surface area contributed by atoms with E-state index in [1.54, 1.807) is 23.6 Å². The molecule has 2 atom stereocenters. The number of imidazole rings is 1. The zero-order valence-corrected chi connectivity index (χ0v) is 19.6. The van der Waals surface area contributed by atoms with Gasteiger partial charge in [0.15, 0.2) is 5.92 Å². The Kier molecular flexibility index (Phi) is 6.84. The predicted octanol–water partition coefficient (Wildman–Crippen LogP) is 5.06. The molecule has 7 heteroatoms. The second kappa shape index (κ2) is 9.77. The van der Waals surface area contributed by atoms with Crippen molar-refractivity contribution in [2.75, 3.05) is 24.3 Å². The molecule has 1 aliphatic heterocycles. The molecule has 0 radical (unpaired) electrons. The van der Waals surface area contributed by atoms with Gasteiger partial charge >= 0.3 is 5.97 Å². The molecule has 3 aromatic rings. The molecule has 0 saturated carbocycles. The van der Waals surface area contributed by atoms with Gasteiger partial charge in [-0.3, -0.25) is 14.5 Å². The number of unbranched alkanes of at least 4 members (excludes halogenated alkanes) is 2. The highest BCUT2D eigenvalue weighted by Gasteiger charge is 2.47. The fourth-order valence-electron chi connectivity index (χ4n) is 4.38. The Balaban J connectivity index is 1.92. The highest BCUT2D eigenvalue weighted by Crippen LogP contribution is 2.41. The number of para-hydroxylation sites is 2. The molecule has 0 unspecified atom stereocenters. The first kappa shape index (κ1) is 22.4. The molecule has 6 nitrogen and oxygen atoms in total. The van der Waals surface area contributed by atoms with Crippen molar-refractivity contribution in [2.24, 2.45) is 5.92 Å². The maximum atomic E-state index is 13.8. The lowest BCUT2D eigenvalue weighted by atomic mass is 9.89. The van der Waals surface area contributed by atoms with Crippen LogP contribution in [0.1, 0.15) is 44.7 Å². The zero-order chi connectivity index (χ0) is 22.7. The number of anilines is 1. The number of esters is 1. The Morgan fingerprint density at radius 2 is 1.84 bits per heavy atom. The van der Waals surface area contributed by atoms with E-state index in [-0.39, 0.29) is 12.5 Å². The van der Waals surface area contributed by atoms with E-state index < -0.39 is 17.9 Å². The Labute approximate surface area is 193 Å². The minimum absolute atomic E-state index is 0.230. The number of aromatic nitrogens is 2. The Hall–Kier alpha value is -2.80. The van der Waals surface area contributed by atoms with Crippen molar-refractivity contribution in [3.8, 4) is 0 Å². The molecule has 1 aromatic heterocycles. The van der Waals surface area contributed by atoms with E-state index >= 15 is 0 Å². The molecule has 1 amide bonds. The number of ether oxygens (including phenoxy) is 1. The molecule has 0 saturated heterocycles. The van der Waals surface area contributed by atoms with Crippen LogP contribution >= 0.6 is 11.8 Å². The molecule has 2 aromatic carbocycles. The van der Waals surface area contributed by atoms with E-state index in [9.17, 15) is 9.59 Å². The van der Waals surface area contributed by atoms with Crippen molar-refractivity contribution in [3.05, 3.63) is 54.1 Å². The van der Waals surface area contributed by atoms with E-state index in [4.69, 9.17) is 9.72 Å². The third kappa shape index (κ3) is 4.01. The number of thioether (sulfide) groups is 1. The van der Waals surface area contributed by atoms with Crippen LogP contribution in [0, 0.1) is 5.92 Å². The van der Waals surface area contributed by atoms with Crippen LogP contribution in [0.15, 0.2) is 53.4 Å². The molecule has 1 aliphatic rings. The third-order valence-electron chi connectivity index (χ3n) is 5.93. The molecule has 4 rings (SSSR count). The van der Waals surface area contributed by atoms with Crippen LogP contribution in [0.2, 0.25) is 0 Å². The predicted molar refractivity (Wildman–Crippen MR) is 128 cm³/mol. The third-order valence-corrected chi connectivity index (χ3v) is 6.67. The monoisotopic (exact) mass is 451 g/mol. The van der Waals surface area contributed by atoms with E-state index in [1.807, 2.05) is 54.8 Å². The molecule has 32 heavy (non-hydrogen) atoms. The van der Waals surface area contributed by atoms with Crippen LogP contribution in [-0.4, -0.2) is 40.8 Å². The number of carbonyl (C=O) groups excluding carboxylic acids is 2. The van der Waals surface area contributed by atoms with Gasteiger partial charge in [0.2, 0.25) is 11.9 Å². The molecule has 0 aliphatic carbocycles. The summed E-state index contributed by atoms with van der Waals surface area (Å²) in [5.74, 6) is -1.07. The second-order valence-electron chi connectivity index (χ2n) is 7.92. The number of nitrogens with zero attached hydrogens (tertiary/aromatic N) is 3. The standard InChI is InChI=1S/C25H29N3O3S/c1-4-6-9-16-27-23(29)21(24(30)31-5-2)22(17-12-14-18(32-3)15-13-17)28-20-11-8-7-10-19(20)26-25(27)28/h7-8,10-15,21-22H,4-6,9,16H2,1-3H3/t21-,22+/m1/s1. The van der Waals surface area contributed by atoms with Crippen LogP contribution in [0.4, 0.5) is 5.95 Å². The van der Waals surface area contributed by atoms with Crippen molar-refractivity contribution in [2.45, 2.75) is 44.0 Å². The minimum Gasteiger partial charge on any atom is -0.465 e. The van der Waals surface area contributed by atoms with E-state index in [2.05, 4.69) is 11.5 Å². The van der Waals surface area contributed by atoms with Crippen LogP contribution in [0.25, 0.3) is 11.0 Å². The lowest BCUT2D eigenvalue weighted by Crippen LogP contribution is -2.50. The van der Waals surface area contributed by atoms with Crippen molar-refractivity contribution in [1.29, 1.82) is 0 Å². The summed E-state index contributed by atoms with van der Waals surface area (Å²) in [5, 5.41) is 0. The summed E-state index contributed by atoms with van der Waals surface area (Å²) in [6.07, 6.45) is 4.93. The summed E-state index contributed by atoms with van der Waals surface area (Å²) < 4.78 is 7.46. The summed E-state index contributed by atoms with van der Waals surface area (Å²) in [6, 6.07) is 15.4. The van der Waals surface area contributed by atoms with E-state index in [1.165, 1.54) is 0 Å².